The van der Waals surface area contributed by atoms with Crippen molar-refractivity contribution in [3.8, 4) is 22.1 Å². The highest BCUT2D eigenvalue weighted by molar-refractivity contribution is 7.13. The normalized spacial score (nSPS) is 12.6. The summed E-state index contributed by atoms with van der Waals surface area (Å²) >= 11 is 1.46. The first-order valence-electron chi connectivity index (χ1n) is 10.5. The molecule has 8 heteroatoms. The second kappa shape index (κ2) is 9.87. The Morgan fingerprint density at radius 1 is 1.15 bits per heavy atom. The van der Waals surface area contributed by atoms with Gasteiger partial charge in [-0.3, -0.25) is 9.59 Å². The van der Waals surface area contributed by atoms with Crippen LogP contribution in [-0.4, -0.2) is 42.0 Å². The van der Waals surface area contributed by atoms with Crippen LogP contribution in [0.1, 0.15) is 35.0 Å². The van der Waals surface area contributed by atoms with E-state index in [-0.39, 0.29) is 25.5 Å². The van der Waals surface area contributed by atoms with Crippen LogP contribution in [0.4, 0.5) is 0 Å². The van der Waals surface area contributed by atoms with Crippen LogP contribution in [-0.2, 0) is 16.1 Å². The van der Waals surface area contributed by atoms with Crippen LogP contribution in [0.25, 0.3) is 16.3 Å². The third kappa shape index (κ3) is 4.75. The quantitative estimate of drug-likeness (QED) is 0.424. The number of hydrogen-bond acceptors (Lipinski definition) is 7. The van der Waals surface area contributed by atoms with E-state index in [0.29, 0.717) is 35.1 Å². The number of methoxy groups -OCH3 is 1. The highest BCUT2D eigenvalue weighted by Crippen LogP contribution is 2.34. The number of esters is 1. The minimum atomic E-state index is -0.399. The van der Waals surface area contributed by atoms with Gasteiger partial charge in [0.2, 0.25) is 0 Å². The van der Waals surface area contributed by atoms with Crippen molar-refractivity contribution in [2.24, 2.45) is 0 Å². The fourth-order valence-electron chi connectivity index (χ4n) is 3.58. The summed E-state index contributed by atoms with van der Waals surface area (Å²) in [5.74, 6) is 0.775. The van der Waals surface area contributed by atoms with E-state index in [4.69, 9.17) is 14.2 Å². The number of aromatic nitrogens is 1. The number of fused-ring (bicyclic) bond motifs is 1. The first kappa shape index (κ1) is 22.5. The highest BCUT2D eigenvalue weighted by Gasteiger charge is 2.30. The molecule has 0 saturated carbocycles. The molecule has 0 radical (unpaired) electrons. The molecular formula is C25H24N2O5S. The summed E-state index contributed by atoms with van der Waals surface area (Å²) in [4.78, 5) is 30.9. The number of benzene rings is 2. The first-order valence-corrected chi connectivity index (χ1v) is 11.4. The average Bonchev–Trinajstić information content (AvgIpc) is 3.40. The molecule has 0 bridgehead atoms. The molecule has 1 aliphatic heterocycles. The van der Waals surface area contributed by atoms with E-state index < -0.39 is 5.97 Å². The van der Waals surface area contributed by atoms with Gasteiger partial charge in [0, 0.05) is 34.3 Å². The molecule has 1 amide bonds. The molecule has 4 rings (SSSR count). The number of hydrogen-bond donors (Lipinski definition) is 0. The van der Waals surface area contributed by atoms with Crippen molar-refractivity contribution in [1.82, 2.24) is 9.88 Å². The van der Waals surface area contributed by atoms with E-state index in [1.54, 1.807) is 13.2 Å². The van der Waals surface area contributed by atoms with Crippen molar-refractivity contribution in [1.29, 1.82) is 0 Å². The van der Waals surface area contributed by atoms with Crippen molar-refractivity contribution in [3.63, 3.8) is 0 Å². The van der Waals surface area contributed by atoms with Crippen LogP contribution in [0.15, 0.2) is 54.4 Å². The van der Waals surface area contributed by atoms with Gasteiger partial charge in [0.15, 0.2) is 11.5 Å². The van der Waals surface area contributed by atoms with Gasteiger partial charge in [-0.05, 0) is 31.2 Å². The van der Waals surface area contributed by atoms with Crippen molar-refractivity contribution < 1.29 is 23.8 Å². The zero-order valence-electron chi connectivity index (χ0n) is 18.5. The van der Waals surface area contributed by atoms with E-state index in [1.165, 1.54) is 16.2 Å². The molecule has 0 unspecified atom stereocenters. The van der Waals surface area contributed by atoms with Crippen LogP contribution in [0.3, 0.4) is 0 Å². The van der Waals surface area contributed by atoms with Crippen molar-refractivity contribution in [2.75, 3.05) is 20.3 Å². The van der Waals surface area contributed by atoms with Gasteiger partial charge in [-0.25, -0.2) is 4.98 Å². The summed E-state index contributed by atoms with van der Waals surface area (Å²) in [6.45, 7) is 6.74. The molecule has 2 aromatic carbocycles. The van der Waals surface area contributed by atoms with Gasteiger partial charge in [-0.2, -0.15) is 0 Å². The Morgan fingerprint density at radius 3 is 2.67 bits per heavy atom. The summed E-state index contributed by atoms with van der Waals surface area (Å²) in [5, 5.41) is 2.65. The first-order chi connectivity index (χ1) is 16.0. The van der Waals surface area contributed by atoms with Crippen molar-refractivity contribution in [2.45, 2.75) is 20.0 Å². The molecular weight excluding hydrogens is 440 g/mol. The number of carbonyl (C=O) groups excluding carboxylic acids is 2. The van der Waals surface area contributed by atoms with E-state index in [9.17, 15) is 9.59 Å². The minimum Gasteiger partial charge on any atom is -0.493 e. The largest absolute Gasteiger partial charge is 0.493 e. The van der Waals surface area contributed by atoms with Gasteiger partial charge in [-0.1, -0.05) is 24.8 Å². The molecule has 0 N–H and O–H groups in total. The number of nitrogens with zero attached hydrogens (tertiary/aromatic N) is 2. The monoisotopic (exact) mass is 464 g/mol. The lowest BCUT2D eigenvalue weighted by molar-refractivity contribution is -0.145. The lowest BCUT2D eigenvalue weighted by Gasteiger charge is -2.16. The summed E-state index contributed by atoms with van der Waals surface area (Å²) in [7, 11) is 1.60. The molecule has 1 aliphatic rings. The van der Waals surface area contributed by atoms with Gasteiger partial charge in [-0.15, -0.1) is 11.3 Å². The zero-order valence-corrected chi connectivity index (χ0v) is 19.3. The molecule has 33 heavy (non-hydrogen) atoms. The minimum absolute atomic E-state index is 0.0681. The Kier molecular flexibility index (Phi) is 6.74. The fraction of sp³-hybridized carbons (Fsp3) is 0.240. The lowest BCUT2D eigenvalue weighted by Crippen LogP contribution is -2.26. The fourth-order valence-corrected chi connectivity index (χ4v) is 4.38. The second-order valence-electron chi connectivity index (χ2n) is 7.30. The molecule has 2 heterocycles. The van der Waals surface area contributed by atoms with E-state index >= 15 is 0 Å². The molecule has 7 nitrogen and oxygen atoms in total. The molecule has 0 atom stereocenters. The standard InChI is InChI=1S/C25H24N2O5S/c1-4-31-21-10-9-17(13-22(21)30-3)24-26-18(15-33-24)14-32-23(28)11-12-27-16(2)19-7-5-6-8-20(19)25(27)29/h5-10,13,15H,2,4,11-12,14H2,1,3H3. The highest BCUT2D eigenvalue weighted by atomic mass is 32.1. The van der Waals surface area contributed by atoms with E-state index in [1.807, 2.05) is 48.7 Å². The molecule has 170 valence electrons. The molecule has 3 aromatic rings. The van der Waals surface area contributed by atoms with Gasteiger partial charge < -0.3 is 19.1 Å². The maximum Gasteiger partial charge on any atom is 0.307 e. The smallest absolute Gasteiger partial charge is 0.307 e. The number of ether oxygens (including phenoxy) is 3. The third-order valence-corrected chi connectivity index (χ3v) is 6.16. The Labute approximate surface area is 196 Å². The molecule has 0 saturated heterocycles. The van der Waals surface area contributed by atoms with Gasteiger partial charge >= 0.3 is 5.97 Å². The van der Waals surface area contributed by atoms with E-state index in [2.05, 4.69) is 11.6 Å². The second-order valence-corrected chi connectivity index (χ2v) is 8.16. The molecule has 0 spiro atoms. The number of amides is 1. The van der Waals surface area contributed by atoms with Crippen molar-refractivity contribution >= 4 is 28.9 Å². The summed E-state index contributed by atoms with van der Waals surface area (Å²) in [5.41, 5.74) is 3.57. The van der Waals surface area contributed by atoms with Gasteiger partial charge in [0.25, 0.3) is 5.91 Å². The van der Waals surface area contributed by atoms with Gasteiger partial charge in [0.1, 0.15) is 11.6 Å². The summed E-state index contributed by atoms with van der Waals surface area (Å²) in [6, 6.07) is 12.9. The van der Waals surface area contributed by atoms with Crippen molar-refractivity contribution in [3.05, 3.63) is 71.2 Å². The molecule has 0 fully saturated rings. The SMILES string of the molecule is C=C1c2ccccc2C(=O)N1CCC(=O)OCc1csc(-c2ccc(OCC)c(OC)c2)n1. The molecule has 0 aliphatic carbocycles. The van der Waals surface area contributed by atoms with Crippen LogP contribution in [0.5, 0.6) is 11.5 Å². The zero-order chi connectivity index (χ0) is 23.4. The topological polar surface area (TPSA) is 78.0 Å². The van der Waals surface area contributed by atoms with Crippen LogP contribution in [0.2, 0.25) is 0 Å². The average molecular weight is 465 g/mol. The number of carbonyl (C=O) groups is 2. The summed E-state index contributed by atoms with van der Waals surface area (Å²) < 4.78 is 16.3. The Morgan fingerprint density at radius 2 is 1.94 bits per heavy atom. The van der Waals surface area contributed by atoms with Crippen LogP contribution >= 0.6 is 11.3 Å². The third-order valence-electron chi connectivity index (χ3n) is 5.22. The van der Waals surface area contributed by atoms with Crippen LogP contribution in [0, 0.1) is 0 Å². The molecule has 1 aromatic heterocycles. The van der Waals surface area contributed by atoms with Gasteiger partial charge in [0.05, 0.1) is 25.8 Å². The Bertz CT molecular complexity index is 1170. The summed E-state index contributed by atoms with van der Waals surface area (Å²) in [6.07, 6.45) is 0.0752. The number of rotatable bonds is 9. The van der Waals surface area contributed by atoms with E-state index in [0.717, 1.165) is 16.1 Å². The lowest BCUT2D eigenvalue weighted by atomic mass is 10.1. The Hall–Kier alpha value is -3.65. The Balaban J connectivity index is 1.31. The predicted octanol–water partition coefficient (Wildman–Crippen LogP) is 4.78. The number of thiazole rings is 1. The maximum atomic E-state index is 12.5. The predicted molar refractivity (Wildman–Crippen MR) is 126 cm³/mol. The maximum absolute atomic E-state index is 12.5. The van der Waals surface area contributed by atoms with Crippen LogP contribution < -0.4 is 9.47 Å².